The van der Waals surface area contributed by atoms with Gasteiger partial charge in [0, 0.05) is 17.0 Å². The minimum atomic E-state index is -3.76. The summed E-state index contributed by atoms with van der Waals surface area (Å²) in [7, 11) is -3.76. The molecule has 0 spiro atoms. The predicted molar refractivity (Wildman–Crippen MR) is 80.5 cm³/mol. The lowest BCUT2D eigenvalue weighted by Crippen LogP contribution is -2.67. The van der Waals surface area contributed by atoms with Gasteiger partial charge in [-0.3, -0.25) is 4.79 Å². The maximum Gasteiger partial charge on any atom is 0.263 e. The standard InChI is InChI=1S/C14H14ClNO4S/c1-14(2)13(18)16(21(14,19)20)12-9-11(15)7-6-10(12)5-3-4-8-17/h6-7,9,17H,4,8H2,1-2H3. The molecule has 0 atom stereocenters. The van der Waals surface area contributed by atoms with E-state index in [4.69, 9.17) is 16.7 Å². The van der Waals surface area contributed by atoms with Crippen LogP contribution in [0.5, 0.6) is 0 Å². The second-order valence-corrected chi connectivity index (χ2v) is 7.79. The van der Waals surface area contributed by atoms with Crippen molar-refractivity contribution in [3.8, 4) is 11.8 Å². The fourth-order valence-electron chi connectivity index (χ4n) is 1.88. The van der Waals surface area contributed by atoms with E-state index in [1.165, 1.54) is 19.9 Å². The van der Waals surface area contributed by atoms with Crippen molar-refractivity contribution in [2.75, 3.05) is 10.9 Å². The van der Waals surface area contributed by atoms with E-state index >= 15 is 0 Å². The molecule has 1 N–H and O–H groups in total. The molecule has 1 saturated heterocycles. The van der Waals surface area contributed by atoms with Crippen molar-refractivity contribution < 1.29 is 18.3 Å². The average Bonchev–Trinajstić information content (AvgIpc) is 2.41. The number of hydrogen-bond acceptors (Lipinski definition) is 4. The number of hydrogen-bond donors (Lipinski definition) is 1. The van der Waals surface area contributed by atoms with E-state index in [1.54, 1.807) is 12.1 Å². The van der Waals surface area contributed by atoms with E-state index in [-0.39, 0.29) is 18.7 Å². The Morgan fingerprint density at radius 2 is 2.05 bits per heavy atom. The summed E-state index contributed by atoms with van der Waals surface area (Å²) in [6.07, 6.45) is 0.258. The summed E-state index contributed by atoms with van der Waals surface area (Å²) in [4.78, 5) is 12.1. The van der Waals surface area contributed by atoms with Crippen LogP contribution >= 0.6 is 11.6 Å². The molecule has 0 unspecified atom stereocenters. The molecule has 0 aliphatic carbocycles. The first-order valence-corrected chi connectivity index (χ1v) is 8.04. The minimum Gasteiger partial charge on any atom is -0.395 e. The lowest BCUT2D eigenvalue weighted by Gasteiger charge is -2.43. The van der Waals surface area contributed by atoms with Gasteiger partial charge in [-0.1, -0.05) is 23.4 Å². The number of aliphatic hydroxyl groups excluding tert-OH is 1. The lowest BCUT2D eigenvalue weighted by molar-refractivity contribution is -0.120. The SMILES string of the molecule is CC1(C)C(=O)N(c2cc(Cl)ccc2C#CCCO)S1(=O)=O. The van der Waals surface area contributed by atoms with E-state index in [2.05, 4.69) is 11.8 Å². The summed E-state index contributed by atoms with van der Waals surface area (Å²) in [5.41, 5.74) is 0.525. The number of sulfonamides is 1. The Hall–Kier alpha value is -1.55. The van der Waals surface area contributed by atoms with Crippen molar-refractivity contribution in [2.45, 2.75) is 25.0 Å². The average molecular weight is 328 g/mol. The number of benzene rings is 1. The van der Waals surface area contributed by atoms with Crippen LogP contribution in [0.25, 0.3) is 0 Å². The summed E-state index contributed by atoms with van der Waals surface area (Å²) >= 11 is 5.89. The Balaban J connectivity index is 2.53. The van der Waals surface area contributed by atoms with Gasteiger partial charge in [-0.15, -0.1) is 0 Å². The Bertz CT molecular complexity index is 759. The van der Waals surface area contributed by atoms with E-state index < -0.39 is 20.7 Å². The summed E-state index contributed by atoms with van der Waals surface area (Å²) in [6, 6.07) is 4.52. The maximum atomic E-state index is 12.2. The van der Waals surface area contributed by atoms with Crippen LogP contribution in [0, 0.1) is 11.8 Å². The van der Waals surface area contributed by atoms with Gasteiger partial charge >= 0.3 is 0 Å². The first-order valence-electron chi connectivity index (χ1n) is 6.22. The zero-order chi connectivity index (χ0) is 15.8. The highest BCUT2D eigenvalue weighted by Gasteiger charge is 2.61. The zero-order valence-electron chi connectivity index (χ0n) is 11.6. The largest absolute Gasteiger partial charge is 0.395 e. The van der Waals surface area contributed by atoms with Gasteiger partial charge in [-0.25, -0.2) is 12.7 Å². The Morgan fingerprint density at radius 3 is 2.62 bits per heavy atom. The number of nitrogens with zero attached hydrogens (tertiary/aromatic N) is 1. The number of carbonyl (C=O) groups excluding carboxylic acids is 1. The van der Waals surface area contributed by atoms with Crippen LogP contribution in [0.4, 0.5) is 5.69 Å². The van der Waals surface area contributed by atoms with Crippen LogP contribution in [0.1, 0.15) is 25.8 Å². The summed E-state index contributed by atoms with van der Waals surface area (Å²) in [5, 5.41) is 9.04. The normalized spacial score (nSPS) is 18.7. The van der Waals surface area contributed by atoms with Crippen LogP contribution in [0.3, 0.4) is 0 Å². The van der Waals surface area contributed by atoms with Crippen LogP contribution < -0.4 is 4.31 Å². The molecule has 112 valence electrons. The van der Waals surface area contributed by atoms with Gasteiger partial charge in [0.1, 0.15) is 0 Å². The minimum absolute atomic E-state index is 0.0934. The summed E-state index contributed by atoms with van der Waals surface area (Å²) in [5.74, 6) is 4.93. The molecule has 21 heavy (non-hydrogen) atoms. The van der Waals surface area contributed by atoms with Gasteiger partial charge in [0.2, 0.25) is 0 Å². The number of aliphatic hydroxyl groups is 1. The molecule has 1 aromatic rings. The molecule has 1 heterocycles. The zero-order valence-corrected chi connectivity index (χ0v) is 13.1. The maximum absolute atomic E-state index is 12.2. The third kappa shape index (κ3) is 2.42. The molecule has 0 aromatic heterocycles. The molecular weight excluding hydrogens is 314 g/mol. The van der Waals surface area contributed by atoms with Gasteiger partial charge in [-0.05, 0) is 32.0 Å². The molecule has 1 aliphatic heterocycles. The second-order valence-electron chi connectivity index (χ2n) is 5.02. The first kappa shape index (κ1) is 15.8. The monoisotopic (exact) mass is 327 g/mol. The third-order valence-corrected chi connectivity index (χ3v) is 5.77. The summed E-state index contributed by atoms with van der Waals surface area (Å²) in [6.45, 7) is 2.63. The number of anilines is 1. The fraction of sp³-hybridized carbons (Fsp3) is 0.357. The molecule has 1 aliphatic rings. The van der Waals surface area contributed by atoms with Crippen LogP contribution in [0.2, 0.25) is 5.02 Å². The second kappa shape index (κ2) is 5.34. The van der Waals surface area contributed by atoms with Crippen molar-refractivity contribution in [3.63, 3.8) is 0 Å². The molecule has 5 nitrogen and oxygen atoms in total. The van der Waals surface area contributed by atoms with Crippen molar-refractivity contribution in [1.82, 2.24) is 0 Å². The number of carbonyl (C=O) groups is 1. The molecule has 0 radical (unpaired) electrons. The highest BCUT2D eigenvalue weighted by molar-refractivity contribution is 7.98. The Kier molecular flexibility index (Phi) is 4.02. The number of amides is 1. The Labute approximate surface area is 128 Å². The van der Waals surface area contributed by atoms with Gasteiger partial charge in [-0.2, -0.15) is 0 Å². The molecule has 1 amide bonds. The van der Waals surface area contributed by atoms with Gasteiger partial charge in [0.05, 0.1) is 12.3 Å². The van der Waals surface area contributed by atoms with Gasteiger partial charge in [0.15, 0.2) is 4.75 Å². The molecule has 0 bridgehead atoms. The molecule has 7 heteroatoms. The van der Waals surface area contributed by atoms with Crippen LogP contribution in [-0.4, -0.2) is 30.8 Å². The molecular formula is C14H14ClNO4S. The van der Waals surface area contributed by atoms with Gasteiger partial charge < -0.3 is 5.11 Å². The van der Waals surface area contributed by atoms with E-state index in [0.717, 1.165) is 4.31 Å². The predicted octanol–water partition coefficient (Wildman–Crippen LogP) is 1.53. The number of halogens is 1. The molecule has 1 aromatic carbocycles. The summed E-state index contributed by atoms with van der Waals surface area (Å²) < 4.78 is 23.8. The molecule has 1 fully saturated rings. The third-order valence-electron chi connectivity index (χ3n) is 3.22. The highest BCUT2D eigenvalue weighted by Crippen LogP contribution is 2.41. The first-order chi connectivity index (χ1) is 9.73. The number of rotatable bonds is 2. The quantitative estimate of drug-likeness (QED) is 0.836. The Morgan fingerprint density at radius 1 is 1.38 bits per heavy atom. The van der Waals surface area contributed by atoms with Crippen LogP contribution in [0.15, 0.2) is 18.2 Å². The lowest BCUT2D eigenvalue weighted by atomic mass is 10.1. The van der Waals surface area contributed by atoms with Crippen LogP contribution in [-0.2, 0) is 14.8 Å². The van der Waals surface area contributed by atoms with Crippen molar-refractivity contribution >= 4 is 33.2 Å². The smallest absolute Gasteiger partial charge is 0.263 e. The topological polar surface area (TPSA) is 74.7 Å². The van der Waals surface area contributed by atoms with Crippen molar-refractivity contribution in [3.05, 3.63) is 28.8 Å². The van der Waals surface area contributed by atoms with Gasteiger partial charge in [0.25, 0.3) is 15.9 Å². The van der Waals surface area contributed by atoms with Crippen molar-refractivity contribution in [2.24, 2.45) is 0 Å². The molecule has 2 rings (SSSR count). The van der Waals surface area contributed by atoms with Crippen molar-refractivity contribution in [1.29, 1.82) is 0 Å². The van der Waals surface area contributed by atoms with E-state index in [9.17, 15) is 13.2 Å². The van der Waals surface area contributed by atoms with E-state index in [0.29, 0.717) is 10.6 Å². The highest BCUT2D eigenvalue weighted by atomic mass is 35.5. The fourth-order valence-corrected chi connectivity index (χ4v) is 3.54. The molecule has 0 saturated carbocycles. The van der Waals surface area contributed by atoms with E-state index in [1.807, 2.05) is 0 Å².